The first kappa shape index (κ1) is 18.0. The Morgan fingerprint density at radius 2 is 2.00 bits per heavy atom. The molecule has 4 nitrogen and oxygen atoms in total. The smallest absolute Gasteiger partial charge is 0.236 e. The van der Waals surface area contributed by atoms with Crippen LogP contribution in [0.5, 0.6) is 0 Å². The van der Waals surface area contributed by atoms with E-state index < -0.39 is 0 Å². The van der Waals surface area contributed by atoms with Crippen LogP contribution < -0.4 is 5.32 Å². The maximum atomic E-state index is 12.9. The maximum Gasteiger partial charge on any atom is 0.236 e. The number of nitrogens with zero attached hydrogens (tertiary/aromatic N) is 1. The van der Waals surface area contributed by atoms with E-state index in [9.17, 15) is 9.59 Å². The fraction of sp³-hybridized carbons (Fsp3) is 0.368. The Bertz CT molecular complexity index is 724. The summed E-state index contributed by atoms with van der Waals surface area (Å²) in [7, 11) is 0. The summed E-state index contributed by atoms with van der Waals surface area (Å²) in [5.41, 5.74) is 1.98. The van der Waals surface area contributed by atoms with Gasteiger partial charge in [0.1, 0.15) is 0 Å². The first-order valence-electron chi connectivity index (χ1n) is 8.39. The number of benzene rings is 1. The number of amides is 2. The third-order valence-electron chi connectivity index (χ3n) is 4.04. The van der Waals surface area contributed by atoms with Crippen LogP contribution in [-0.2, 0) is 16.1 Å². The first-order chi connectivity index (χ1) is 12.0. The lowest BCUT2D eigenvalue weighted by Crippen LogP contribution is -2.37. The third kappa shape index (κ3) is 5.09. The summed E-state index contributed by atoms with van der Waals surface area (Å²) in [4.78, 5) is 27.1. The number of hydrogen-bond acceptors (Lipinski definition) is 4. The zero-order chi connectivity index (χ0) is 17.8. The summed E-state index contributed by atoms with van der Waals surface area (Å²) in [6.45, 7) is 4.17. The Morgan fingerprint density at radius 3 is 2.56 bits per heavy atom. The molecule has 1 aromatic carbocycles. The zero-order valence-electron chi connectivity index (χ0n) is 14.4. The lowest BCUT2D eigenvalue weighted by atomic mass is 10.3. The van der Waals surface area contributed by atoms with Gasteiger partial charge in [-0.15, -0.1) is 11.8 Å². The van der Waals surface area contributed by atoms with Crippen molar-refractivity contribution in [1.82, 2.24) is 4.90 Å². The van der Waals surface area contributed by atoms with E-state index in [0.717, 1.165) is 23.4 Å². The van der Waals surface area contributed by atoms with E-state index in [1.807, 2.05) is 36.1 Å². The lowest BCUT2D eigenvalue weighted by molar-refractivity contribution is -0.131. The Labute approximate surface area is 156 Å². The molecule has 1 fully saturated rings. The average molecular weight is 375 g/mol. The monoisotopic (exact) mass is 374 g/mol. The predicted molar refractivity (Wildman–Crippen MR) is 104 cm³/mol. The highest BCUT2D eigenvalue weighted by molar-refractivity contribution is 8.00. The van der Waals surface area contributed by atoms with Crippen molar-refractivity contribution >= 4 is 40.6 Å². The quantitative estimate of drug-likeness (QED) is 0.732. The second-order valence-electron chi connectivity index (χ2n) is 6.29. The molecule has 1 atom stereocenters. The van der Waals surface area contributed by atoms with Crippen LogP contribution in [0.2, 0.25) is 0 Å². The number of hydrogen-bond donors (Lipinski definition) is 1. The van der Waals surface area contributed by atoms with Crippen molar-refractivity contribution in [2.45, 2.75) is 49.4 Å². The Morgan fingerprint density at radius 1 is 1.28 bits per heavy atom. The molecule has 1 unspecified atom stereocenters. The van der Waals surface area contributed by atoms with Crippen LogP contribution in [-0.4, -0.2) is 28.0 Å². The van der Waals surface area contributed by atoms with Gasteiger partial charge in [-0.25, -0.2) is 0 Å². The van der Waals surface area contributed by atoms with Crippen LogP contribution in [0.1, 0.15) is 32.3 Å². The predicted octanol–water partition coefficient (Wildman–Crippen LogP) is 4.38. The van der Waals surface area contributed by atoms with Gasteiger partial charge in [-0.1, -0.05) is 0 Å². The number of thiophene rings is 1. The molecule has 1 heterocycles. The number of thioether (sulfide) groups is 1. The Balaban J connectivity index is 1.61. The molecule has 1 aromatic heterocycles. The number of nitrogens with one attached hydrogen (secondary N) is 1. The summed E-state index contributed by atoms with van der Waals surface area (Å²) in [6, 6.07) is 10.1. The largest absolute Gasteiger partial charge is 0.334 e. The average Bonchev–Trinajstić information content (AvgIpc) is 3.29. The van der Waals surface area contributed by atoms with Gasteiger partial charge in [-0.05, 0) is 66.4 Å². The van der Waals surface area contributed by atoms with Crippen LogP contribution in [0.3, 0.4) is 0 Å². The summed E-state index contributed by atoms with van der Waals surface area (Å²) < 4.78 is 0. The molecule has 0 radical (unpaired) electrons. The van der Waals surface area contributed by atoms with Crippen molar-refractivity contribution in [3.63, 3.8) is 0 Å². The van der Waals surface area contributed by atoms with Gasteiger partial charge >= 0.3 is 0 Å². The van der Waals surface area contributed by atoms with E-state index in [1.165, 1.54) is 12.5 Å². The highest BCUT2D eigenvalue weighted by Crippen LogP contribution is 2.32. The number of anilines is 1. The fourth-order valence-electron chi connectivity index (χ4n) is 2.66. The van der Waals surface area contributed by atoms with Gasteiger partial charge in [0.2, 0.25) is 11.8 Å². The van der Waals surface area contributed by atoms with Crippen LogP contribution in [0.15, 0.2) is 46.0 Å². The number of carbonyl (C=O) groups excluding carboxylic acids is 2. The summed E-state index contributed by atoms with van der Waals surface area (Å²) in [5.74, 6) is 0.113. The minimum atomic E-state index is -0.133. The summed E-state index contributed by atoms with van der Waals surface area (Å²) in [6.07, 6.45) is 2.22. The van der Waals surface area contributed by atoms with Gasteiger partial charge in [0, 0.05) is 30.1 Å². The maximum absolute atomic E-state index is 12.9. The minimum Gasteiger partial charge on any atom is -0.334 e. The van der Waals surface area contributed by atoms with E-state index in [4.69, 9.17) is 0 Å². The van der Waals surface area contributed by atoms with Gasteiger partial charge in [-0.2, -0.15) is 11.3 Å². The van der Waals surface area contributed by atoms with Crippen molar-refractivity contribution in [3.8, 4) is 0 Å². The summed E-state index contributed by atoms with van der Waals surface area (Å²) in [5, 5.41) is 6.79. The van der Waals surface area contributed by atoms with Gasteiger partial charge in [0.05, 0.1) is 5.25 Å². The van der Waals surface area contributed by atoms with Crippen molar-refractivity contribution in [3.05, 3.63) is 46.7 Å². The topological polar surface area (TPSA) is 49.4 Å². The van der Waals surface area contributed by atoms with E-state index in [1.54, 1.807) is 23.1 Å². The molecule has 1 saturated carbocycles. The standard InChI is InChI=1S/C19H22N2O2S2/c1-13(25-18-7-3-16(4-8-18)20-14(2)22)19(23)21(17-5-6-17)11-15-9-10-24-12-15/h3-4,7-10,12-13,17H,5-6,11H2,1-2H3,(H,20,22). The van der Waals surface area contributed by atoms with E-state index in [-0.39, 0.29) is 17.1 Å². The van der Waals surface area contributed by atoms with Gasteiger partial charge in [-0.3, -0.25) is 9.59 Å². The molecule has 0 bridgehead atoms. The van der Waals surface area contributed by atoms with Crippen molar-refractivity contribution < 1.29 is 9.59 Å². The highest BCUT2D eigenvalue weighted by Gasteiger charge is 2.34. The SMILES string of the molecule is CC(=O)Nc1ccc(SC(C)C(=O)N(Cc2ccsc2)C2CC2)cc1. The Kier molecular flexibility index (Phi) is 5.81. The molecule has 2 aromatic rings. The Hall–Kier alpha value is -1.79. The minimum absolute atomic E-state index is 0.0857. The first-order valence-corrected chi connectivity index (χ1v) is 10.2. The lowest BCUT2D eigenvalue weighted by Gasteiger charge is -2.25. The molecular formula is C19H22N2O2S2. The second-order valence-corrected chi connectivity index (χ2v) is 8.49. The zero-order valence-corrected chi connectivity index (χ0v) is 16.0. The molecule has 0 aliphatic heterocycles. The molecule has 0 spiro atoms. The van der Waals surface area contributed by atoms with Crippen LogP contribution in [0, 0.1) is 0 Å². The van der Waals surface area contributed by atoms with E-state index >= 15 is 0 Å². The van der Waals surface area contributed by atoms with Crippen molar-refractivity contribution in [2.75, 3.05) is 5.32 Å². The van der Waals surface area contributed by atoms with Crippen molar-refractivity contribution in [2.24, 2.45) is 0 Å². The molecule has 0 saturated heterocycles. The third-order valence-corrected chi connectivity index (χ3v) is 5.87. The molecule has 3 rings (SSSR count). The second kappa shape index (κ2) is 8.06. The fourth-order valence-corrected chi connectivity index (χ4v) is 4.26. The van der Waals surface area contributed by atoms with E-state index in [2.05, 4.69) is 22.1 Å². The number of rotatable bonds is 7. The molecule has 1 aliphatic rings. The molecule has 25 heavy (non-hydrogen) atoms. The van der Waals surface area contributed by atoms with Gasteiger partial charge in [0.25, 0.3) is 0 Å². The highest BCUT2D eigenvalue weighted by atomic mass is 32.2. The van der Waals surface area contributed by atoms with Crippen molar-refractivity contribution in [1.29, 1.82) is 0 Å². The van der Waals surface area contributed by atoms with Gasteiger partial charge in [0.15, 0.2) is 0 Å². The van der Waals surface area contributed by atoms with Crippen LogP contribution in [0.4, 0.5) is 5.69 Å². The molecular weight excluding hydrogens is 352 g/mol. The number of carbonyl (C=O) groups is 2. The van der Waals surface area contributed by atoms with Crippen LogP contribution >= 0.6 is 23.1 Å². The van der Waals surface area contributed by atoms with E-state index in [0.29, 0.717) is 12.6 Å². The van der Waals surface area contributed by atoms with Gasteiger partial charge < -0.3 is 10.2 Å². The molecule has 2 amide bonds. The molecule has 1 aliphatic carbocycles. The van der Waals surface area contributed by atoms with Crippen LogP contribution in [0.25, 0.3) is 0 Å². The molecule has 6 heteroatoms. The normalized spacial score (nSPS) is 14.8. The molecule has 132 valence electrons. The molecule has 1 N–H and O–H groups in total. The summed E-state index contributed by atoms with van der Waals surface area (Å²) >= 11 is 3.23.